The van der Waals surface area contributed by atoms with Gasteiger partial charge >= 0.3 is 0 Å². The summed E-state index contributed by atoms with van der Waals surface area (Å²) in [6.45, 7) is 13.7. The molecule has 6 unspecified atom stereocenters. The van der Waals surface area contributed by atoms with Gasteiger partial charge < -0.3 is 33.5 Å². The van der Waals surface area contributed by atoms with Crippen molar-refractivity contribution in [1.29, 1.82) is 0 Å². The van der Waals surface area contributed by atoms with E-state index in [1.54, 1.807) is 14.2 Å². The Kier molecular flexibility index (Phi) is 7.48. The highest BCUT2D eigenvalue weighted by molar-refractivity contribution is 6.10. The van der Waals surface area contributed by atoms with Gasteiger partial charge in [-0.1, -0.05) is 17.7 Å². The molecule has 4 fully saturated rings. The molecular weight excluding hydrogens is 576 g/mol. The fourth-order valence-electron chi connectivity index (χ4n) is 8.80. The number of benzene rings is 1. The Labute approximate surface area is 265 Å². The average Bonchev–Trinajstić information content (AvgIpc) is 3.11. The zero-order valence-electron chi connectivity index (χ0n) is 28.0. The summed E-state index contributed by atoms with van der Waals surface area (Å²) in [6.07, 6.45) is 7.30. The second-order valence-corrected chi connectivity index (χ2v) is 14.5. The number of fused-ring (bicyclic) bond motifs is 2. The van der Waals surface area contributed by atoms with E-state index in [0.29, 0.717) is 29.7 Å². The van der Waals surface area contributed by atoms with Crippen molar-refractivity contribution in [2.45, 2.75) is 103 Å². The minimum Gasteiger partial charge on any atom is -0.506 e. The van der Waals surface area contributed by atoms with Crippen molar-refractivity contribution in [3.05, 3.63) is 46.1 Å². The summed E-state index contributed by atoms with van der Waals surface area (Å²) in [5, 5.41) is 11.8. The molecule has 0 amide bonds. The molecule has 9 nitrogen and oxygen atoms in total. The molecule has 1 saturated heterocycles. The SMILES string of the molecule is COC(OC)/C(C)=C\CC12OC(C)(C)C3CC(C1=O)C(OC)C1C(=O)c4c(O)c5c(c(CC=C(C)C)c4OC132)OC(C)(C)C=C5. The Morgan fingerprint density at radius 1 is 1.04 bits per heavy atom. The third kappa shape index (κ3) is 4.26. The first-order chi connectivity index (χ1) is 21.1. The second-order valence-electron chi connectivity index (χ2n) is 14.5. The molecule has 7 rings (SSSR count). The van der Waals surface area contributed by atoms with Crippen LogP contribution in [0.15, 0.2) is 29.4 Å². The Bertz CT molecular complexity index is 1540. The fourth-order valence-corrected chi connectivity index (χ4v) is 8.80. The molecule has 45 heavy (non-hydrogen) atoms. The summed E-state index contributed by atoms with van der Waals surface area (Å²) in [7, 11) is 4.65. The van der Waals surface area contributed by atoms with Gasteiger partial charge in [-0.3, -0.25) is 9.59 Å². The van der Waals surface area contributed by atoms with E-state index < -0.39 is 46.6 Å². The maximum absolute atomic E-state index is 15.0. The molecule has 1 N–H and O–H groups in total. The van der Waals surface area contributed by atoms with Crippen LogP contribution in [0.3, 0.4) is 0 Å². The van der Waals surface area contributed by atoms with Gasteiger partial charge in [0.25, 0.3) is 0 Å². The molecule has 1 spiro atoms. The molecule has 3 saturated carbocycles. The Hall–Kier alpha value is -2.98. The van der Waals surface area contributed by atoms with Crippen molar-refractivity contribution in [2.24, 2.45) is 17.8 Å². The Morgan fingerprint density at radius 2 is 1.73 bits per heavy atom. The number of hydrogen-bond acceptors (Lipinski definition) is 9. The van der Waals surface area contributed by atoms with Crippen molar-refractivity contribution in [1.82, 2.24) is 0 Å². The normalized spacial score (nSPS) is 33.4. The maximum Gasteiger partial charge on any atom is 0.180 e. The molecule has 1 aromatic rings. The summed E-state index contributed by atoms with van der Waals surface area (Å²) in [5.74, 6) is -1.69. The van der Waals surface area contributed by atoms with Crippen molar-refractivity contribution in [3.8, 4) is 17.2 Å². The smallest absolute Gasteiger partial charge is 0.180 e. The van der Waals surface area contributed by atoms with Crippen LogP contribution in [0.1, 0.15) is 82.8 Å². The third-order valence-corrected chi connectivity index (χ3v) is 10.7. The quantitative estimate of drug-likeness (QED) is 0.286. The molecule has 1 aromatic carbocycles. The van der Waals surface area contributed by atoms with Gasteiger partial charge in [-0.15, -0.1) is 0 Å². The van der Waals surface area contributed by atoms with E-state index in [4.69, 9.17) is 28.4 Å². The molecule has 9 heteroatoms. The van der Waals surface area contributed by atoms with E-state index >= 15 is 4.79 Å². The first-order valence-corrected chi connectivity index (χ1v) is 15.8. The summed E-state index contributed by atoms with van der Waals surface area (Å²) in [6, 6.07) is 0. The molecule has 244 valence electrons. The summed E-state index contributed by atoms with van der Waals surface area (Å²) in [4.78, 5) is 29.7. The standard InChI is InChI=1S/C36H46O9/c1-18(2)11-12-21-28-20(14-15-33(4,5)43-28)26(37)24-27(38)25-30(40-8)22-17-23-34(6,7)45-35(31(22)39,36(23,25)44-29(21)24)16-13-19(3)32(41-9)42-10/h11,13-15,22-23,25,30,32,37H,12,16-17H2,1-10H3/b19-13-. The number of carbonyl (C=O) groups excluding carboxylic acids is 2. The van der Waals surface area contributed by atoms with Crippen LogP contribution in [0.5, 0.6) is 17.2 Å². The second kappa shape index (κ2) is 10.5. The molecule has 4 bridgehead atoms. The monoisotopic (exact) mass is 622 g/mol. The van der Waals surface area contributed by atoms with Gasteiger partial charge in [0.2, 0.25) is 0 Å². The molecule has 3 aliphatic heterocycles. The minimum atomic E-state index is -1.50. The molecule has 3 heterocycles. The van der Waals surface area contributed by atoms with Crippen LogP contribution in [-0.2, 0) is 30.2 Å². The fraction of sp³-hybridized carbons (Fsp3) is 0.611. The summed E-state index contributed by atoms with van der Waals surface area (Å²) < 4.78 is 37.7. The molecular formula is C36H46O9. The number of ether oxygens (including phenoxy) is 6. The number of ketones is 2. The lowest BCUT2D eigenvalue weighted by molar-refractivity contribution is -0.224. The van der Waals surface area contributed by atoms with Crippen LogP contribution in [0.25, 0.3) is 6.08 Å². The Morgan fingerprint density at radius 3 is 2.36 bits per heavy atom. The van der Waals surface area contributed by atoms with E-state index in [1.807, 2.05) is 72.8 Å². The van der Waals surface area contributed by atoms with Crippen LogP contribution in [0, 0.1) is 17.8 Å². The molecule has 6 atom stereocenters. The van der Waals surface area contributed by atoms with Gasteiger partial charge in [-0.05, 0) is 79.0 Å². The number of allylic oxidation sites excluding steroid dienone is 2. The van der Waals surface area contributed by atoms with Crippen LogP contribution >= 0.6 is 0 Å². The number of phenolic OH excluding ortho intramolecular Hbond substituents is 1. The molecule has 0 aromatic heterocycles. The molecule has 3 aliphatic carbocycles. The van der Waals surface area contributed by atoms with E-state index in [0.717, 1.165) is 11.1 Å². The average molecular weight is 623 g/mol. The number of methoxy groups -OCH3 is 3. The topological polar surface area (TPSA) is 110 Å². The number of aromatic hydroxyl groups is 1. The van der Waals surface area contributed by atoms with Gasteiger partial charge in [0.15, 0.2) is 29.1 Å². The number of rotatable bonds is 8. The van der Waals surface area contributed by atoms with Crippen LogP contribution < -0.4 is 9.47 Å². The molecule has 6 aliphatic rings. The maximum atomic E-state index is 15.0. The number of Topliss-reactive ketones (excluding diaryl/α,β-unsaturated/α-hetero) is 2. The van der Waals surface area contributed by atoms with Gasteiger partial charge in [-0.2, -0.15) is 0 Å². The van der Waals surface area contributed by atoms with E-state index in [9.17, 15) is 9.90 Å². The predicted molar refractivity (Wildman–Crippen MR) is 168 cm³/mol. The van der Waals surface area contributed by atoms with Crippen LogP contribution in [0.2, 0.25) is 0 Å². The lowest BCUT2D eigenvalue weighted by atomic mass is 9.45. The summed E-state index contributed by atoms with van der Waals surface area (Å²) in [5.41, 5.74) is -1.30. The lowest BCUT2D eigenvalue weighted by Gasteiger charge is -2.62. The summed E-state index contributed by atoms with van der Waals surface area (Å²) >= 11 is 0. The van der Waals surface area contributed by atoms with Gasteiger partial charge in [0.05, 0.1) is 23.2 Å². The lowest BCUT2D eigenvalue weighted by Crippen LogP contribution is -2.80. The van der Waals surface area contributed by atoms with E-state index in [1.165, 1.54) is 7.11 Å². The van der Waals surface area contributed by atoms with Crippen LogP contribution in [0.4, 0.5) is 0 Å². The minimum absolute atomic E-state index is 0.106. The zero-order chi connectivity index (χ0) is 32.9. The van der Waals surface area contributed by atoms with Crippen LogP contribution in [-0.4, -0.2) is 72.8 Å². The van der Waals surface area contributed by atoms with Crippen molar-refractivity contribution in [3.63, 3.8) is 0 Å². The third-order valence-electron chi connectivity index (χ3n) is 10.7. The molecule has 0 radical (unpaired) electrons. The van der Waals surface area contributed by atoms with Crippen molar-refractivity contribution < 1.29 is 43.1 Å². The zero-order valence-corrected chi connectivity index (χ0v) is 28.0. The highest BCUT2D eigenvalue weighted by Crippen LogP contribution is 2.70. The van der Waals surface area contributed by atoms with E-state index in [2.05, 4.69) is 0 Å². The first-order valence-electron chi connectivity index (χ1n) is 15.8. The van der Waals surface area contributed by atoms with Gasteiger partial charge in [-0.25, -0.2) is 0 Å². The van der Waals surface area contributed by atoms with Crippen molar-refractivity contribution >= 4 is 17.6 Å². The van der Waals surface area contributed by atoms with Gasteiger partial charge in [0, 0.05) is 45.1 Å². The van der Waals surface area contributed by atoms with Gasteiger partial charge in [0.1, 0.15) is 28.4 Å². The highest BCUT2D eigenvalue weighted by atomic mass is 16.7. The highest BCUT2D eigenvalue weighted by Gasteiger charge is 2.85. The van der Waals surface area contributed by atoms with E-state index in [-0.39, 0.29) is 41.0 Å². The Balaban J connectivity index is 1.65. The number of carbonyl (C=O) groups is 2. The first kappa shape index (κ1) is 32.0. The predicted octanol–water partition coefficient (Wildman–Crippen LogP) is 5.75. The number of phenols is 1. The largest absolute Gasteiger partial charge is 0.506 e. The van der Waals surface area contributed by atoms with Crippen molar-refractivity contribution in [2.75, 3.05) is 21.3 Å². The number of hydrogen-bond donors (Lipinski definition) is 1.